The van der Waals surface area contributed by atoms with Crippen molar-refractivity contribution in [2.75, 3.05) is 0 Å². The molecular formula is C25H27N5O. The second kappa shape index (κ2) is 8.60. The summed E-state index contributed by atoms with van der Waals surface area (Å²) in [5.41, 5.74) is 9.76. The number of carbonyl (C=O) groups excluding carboxylic acids is 1. The first-order valence-electron chi connectivity index (χ1n) is 10.5. The zero-order valence-corrected chi connectivity index (χ0v) is 18.4. The van der Waals surface area contributed by atoms with Crippen LogP contribution in [0.25, 0.3) is 10.9 Å². The Bertz CT molecular complexity index is 1260. The molecule has 0 saturated carbocycles. The summed E-state index contributed by atoms with van der Waals surface area (Å²) in [6.45, 7) is 9.78. The van der Waals surface area contributed by atoms with Gasteiger partial charge in [-0.15, -0.1) is 0 Å². The first-order chi connectivity index (χ1) is 15.0. The summed E-state index contributed by atoms with van der Waals surface area (Å²) < 4.78 is 4.14. The van der Waals surface area contributed by atoms with Gasteiger partial charge in [0.25, 0.3) is 5.91 Å². The van der Waals surface area contributed by atoms with Crippen molar-refractivity contribution in [1.82, 2.24) is 19.8 Å². The highest BCUT2D eigenvalue weighted by atomic mass is 16.2. The van der Waals surface area contributed by atoms with E-state index in [9.17, 15) is 4.79 Å². The molecule has 0 radical (unpaired) electrons. The number of fused-ring (bicyclic) bond motifs is 1. The number of amides is 1. The quantitative estimate of drug-likeness (QED) is 0.371. The number of aromatic nitrogens is 3. The van der Waals surface area contributed by atoms with Gasteiger partial charge in [0.05, 0.1) is 11.9 Å². The maximum atomic E-state index is 12.7. The van der Waals surface area contributed by atoms with E-state index in [0.717, 1.165) is 35.2 Å². The molecule has 4 aromatic rings. The fourth-order valence-electron chi connectivity index (χ4n) is 3.81. The van der Waals surface area contributed by atoms with E-state index in [1.807, 2.05) is 49.0 Å². The summed E-state index contributed by atoms with van der Waals surface area (Å²) in [4.78, 5) is 12.7. The zero-order chi connectivity index (χ0) is 22.0. The highest BCUT2D eigenvalue weighted by Crippen LogP contribution is 2.27. The van der Waals surface area contributed by atoms with Gasteiger partial charge in [-0.25, -0.2) is 5.43 Å². The van der Waals surface area contributed by atoms with Gasteiger partial charge in [-0.3, -0.25) is 9.48 Å². The molecule has 0 spiro atoms. The number of carbonyl (C=O) groups is 1. The third kappa shape index (κ3) is 4.14. The molecule has 6 nitrogen and oxygen atoms in total. The third-order valence-corrected chi connectivity index (χ3v) is 5.76. The molecule has 0 unspecified atom stereocenters. The van der Waals surface area contributed by atoms with Crippen LogP contribution in [0.3, 0.4) is 0 Å². The molecule has 31 heavy (non-hydrogen) atoms. The number of nitrogens with one attached hydrogen (secondary N) is 1. The Balaban J connectivity index is 1.56. The van der Waals surface area contributed by atoms with Crippen LogP contribution in [0.2, 0.25) is 0 Å². The van der Waals surface area contributed by atoms with Crippen LogP contribution in [0.15, 0.2) is 59.8 Å². The van der Waals surface area contributed by atoms with Gasteiger partial charge in [-0.2, -0.15) is 10.2 Å². The molecule has 0 fully saturated rings. The van der Waals surface area contributed by atoms with Crippen LogP contribution in [-0.4, -0.2) is 26.5 Å². The molecule has 0 saturated heterocycles. The van der Waals surface area contributed by atoms with Gasteiger partial charge in [0, 0.05) is 47.0 Å². The lowest BCUT2D eigenvalue weighted by molar-refractivity contribution is 0.0955. The van der Waals surface area contributed by atoms with Gasteiger partial charge in [-0.05, 0) is 57.0 Å². The molecule has 4 rings (SSSR count). The fraction of sp³-hybridized carbons (Fsp3) is 0.240. The molecule has 6 heteroatoms. The minimum Gasteiger partial charge on any atom is -0.340 e. The summed E-state index contributed by atoms with van der Waals surface area (Å²) in [6.07, 6.45) is 3.55. The topological polar surface area (TPSA) is 64.2 Å². The number of rotatable bonds is 6. The van der Waals surface area contributed by atoms with E-state index in [0.29, 0.717) is 5.56 Å². The maximum absolute atomic E-state index is 12.7. The highest BCUT2D eigenvalue weighted by molar-refractivity contribution is 5.99. The largest absolute Gasteiger partial charge is 0.340 e. The predicted octanol–water partition coefficient (Wildman–Crippen LogP) is 4.60. The van der Waals surface area contributed by atoms with Crippen LogP contribution >= 0.6 is 0 Å². The lowest BCUT2D eigenvalue weighted by Gasteiger charge is -2.09. The van der Waals surface area contributed by atoms with Crippen LogP contribution in [0.1, 0.15) is 45.4 Å². The lowest BCUT2D eigenvalue weighted by Crippen LogP contribution is -2.17. The van der Waals surface area contributed by atoms with E-state index in [1.165, 1.54) is 16.8 Å². The Morgan fingerprint density at radius 3 is 2.61 bits per heavy atom. The highest BCUT2D eigenvalue weighted by Gasteiger charge is 2.14. The van der Waals surface area contributed by atoms with Crippen molar-refractivity contribution < 1.29 is 4.79 Å². The van der Waals surface area contributed by atoms with Crippen molar-refractivity contribution in [2.45, 2.75) is 40.8 Å². The van der Waals surface area contributed by atoms with Gasteiger partial charge in [0.1, 0.15) is 0 Å². The van der Waals surface area contributed by atoms with Crippen LogP contribution in [-0.2, 0) is 13.1 Å². The van der Waals surface area contributed by atoms with Crippen LogP contribution < -0.4 is 5.43 Å². The molecule has 2 aromatic heterocycles. The summed E-state index contributed by atoms with van der Waals surface area (Å²) in [5, 5.41) is 9.59. The van der Waals surface area contributed by atoms with Crippen molar-refractivity contribution >= 4 is 23.0 Å². The van der Waals surface area contributed by atoms with E-state index in [-0.39, 0.29) is 5.91 Å². The molecule has 0 aliphatic rings. The SMILES string of the molecule is CCn1cc(/C=N/NC(=O)c2ccc3c(c2)c(C)c(C)n3Cc2ccccc2)c(C)n1. The van der Waals surface area contributed by atoms with E-state index in [2.05, 4.69) is 58.3 Å². The molecule has 158 valence electrons. The van der Waals surface area contributed by atoms with Gasteiger partial charge in [0.15, 0.2) is 0 Å². The predicted molar refractivity (Wildman–Crippen MR) is 125 cm³/mol. The summed E-state index contributed by atoms with van der Waals surface area (Å²) >= 11 is 0. The fourth-order valence-corrected chi connectivity index (χ4v) is 3.81. The standard InChI is InChI=1S/C25H27N5O/c1-5-29-16-22(18(3)28-29)14-26-27-25(31)21-11-12-24-23(13-21)17(2)19(4)30(24)15-20-9-7-6-8-10-20/h6-14,16H,5,15H2,1-4H3,(H,27,31)/b26-14+. The monoisotopic (exact) mass is 413 g/mol. The Hall–Kier alpha value is -3.67. The Labute approximate surface area is 182 Å². The van der Waals surface area contributed by atoms with Crippen molar-refractivity contribution in [3.05, 3.63) is 88.4 Å². The second-order valence-electron chi connectivity index (χ2n) is 7.74. The number of hydrogen-bond donors (Lipinski definition) is 1. The summed E-state index contributed by atoms with van der Waals surface area (Å²) in [6, 6.07) is 16.2. The third-order valence-electron chi connectivity index (χ3n) is 5.76. The van der Waals surface area contributed by atoms with Gasteiger partial charge >= 0.3 is 0 Å². The summed E-state index contributed by atoms with van der Waals surface area (Å²) in [7, 11) is 0. The van der Waals surface area contributed by atoms with Crippen molar-refractivity contribution in [3.63, 3.8) is 0 Å². The van der Waals surface area contributed by atoms with Crippen LogP contribution in [0.4, 0.5) is 0 Å². The molecule has 2 heterocycles. The van der Waals surface area contributed by atoms with Crippen LogP contribution in [0, 0.1) is 20.8 Å². The molecule has 0 aliphatic carbocycles. The van der Waals surface area contributed by atoms with Crippen molar-refractivity contribution in [3.8, 4) is 0 Å². The molecule has 1 amide bonds. The number of aryl methyl sites for hydroxylation is 3. The first kappa shape index (κ1) is 20.6. The Morgan fingerprint density at radius 2 is 1.90 bits per heavy atom. The van der Waals surface area contributed by atoms with E-state index in [4.69, 9.17) is 0 Å². The first-order valence-corrected chi connectivity index (χ1v) is 10.5. The minimum atomic E-state index is -0.230. The number of benzene rings is 2. The Morgan fingerprint density at radius 1 is 1.13 bits per heavy atom. The molecule has 1 N–H and O–H groups in total. The molecule has 2 aromatic carbocycles. The van der Waals surface area contributed by atoms with E-state index in [1.54, 1.807) is 6.21 Å². The zero-order valence-electron chi connectivity index (χ0n) is 18.4. The Kier molecular flexibility index (Phi) is 5.71. The average Bonchev–Trinajstić information content (AvgIpc) is 3.26. The molecular weight excluding hydrogens is 386 g/mol. The smallest absolute Gasteiger partial charge is 0.271 e. The molecule has 0 aliphatic heterocycles. The van der Waals surface area contributed by atoms with Crippen LogP contribution in [0.5, 0.6) is 0 Å². The maximum Gasteiger partial charge on any atom is 0.271 e. The summed E-state index contributed by atoms with van der Waals surface area (Å²) in [5.74, 6) is -0.230. The minimum absolute atomic E-state index is 0.230. The van der Waals surface area contributed by atoms with Gasteiger partial charge in [-0.1, -0.05) is 30.3 Å². The van der Waals surface area contributed by atoms with Gasteiger partial charge in [0.2, 0.25) is 0 Å². The number of hydrazone groups is 1. The number of nitrogens with zero attached hydrogens (tertiary/aromatic N) is 4. The van der Waals surface area contributed by atoms with Crippen molar-refractivity contribution in [1.29, 1.82) is 0 Å². The normalized spacial score (nSPS) is 11.5. The molecule has 0 bridgehead atoms. The van der Waals surface area contributed by atoms with Gasteiger partial charge < -0.3 is 4.57 Å². The second-order valence-corrected chi connectivity index (χ2v) is 7.74. The number of hydrogen-bond acceptors (Lipinski definition) is 3. The lowest BCUT2D eigenvalue weighted by atomic mass is 10.1. The van der Waals surface area contributed by atoms with E-state index >= 15 is 0 Å². The molecule has 0 atom stereocenters. The van der Waals surface area contributed by atoms with E-state index < -0.39 is 0 Å². The van der Waals surface area contributed by atoms with Crippen molar-refractivity contribution in [2.24, 2.45) is 5.10 Å². The average molecular weight is 414 g/mol.